The second-order valence-electron chi connectivity index (χ2n) is 6.71. The van der Waals surface area contributed by atoms with Crippen LogP contribution in [0.3, 0.4) is 0 Å². The molecule has 1 fully saturated rings. The van der Waals surface area contributed by atoms with Gasteiger partial charge >= 0.3 is 12.2 Å². The highest BCUT2D eigenvalue weighted by atomic mass is 32.1. The van der Waals surface area contributed by atoms with Crippen molar-refractivity contribution in [3.63, 3.8) is 0 Å². The SMILES string of the molecule is CC1(C)[C@@H](C(F)(F)F)CCN1C(=O)Nc1nc2c(s1)CCCC2. The average molecular weight is 347 g/mol. The second kappa shape index (κ2) is 5.65. The van der Waals surface area contributed by atoms with Crippen molar-refractivity contribution in [2.24, 2.45) is 5.92 Å². The Kier molecular flexibility index (Phi) is 4.06. The maximum absolute atomic E-state index is 13.1. The van der Waals surface area contributed by atoms with Gasteiger partial charge in [0.2, 0.25) is 0 Å². The summed E-state index contributed by atoms with van der Waals surface area (Å²) in [5, 5.41) is 3.19. The smallest absolute Gasteiger partial charge is 0.319 e. The Labute approximate surface area is 137 Å². The van der Waals surface area contributed by atoms with Crippen LogP contribution in [-0.2, 0) is 12.8 Å². The number of carbonyl (C=O) groups excluding carboxylic acids is 1. The van der Waals surface area contributed by atoms with Crippen LogP contribution in [0.4, 0.5) is 23.1 Å². The van der Waals surface area contributed by atoms with Crippen LogP contribution in [0.5, 0.6) is 0 Å². The highest BCUT2D eigenvalue weighted by molar-refractivity contribution is 7.15. The van der Waals surface area contributed by atoms with Gasteiger partial charge in [0, 0.05) is 11.4 Å². The molecule has 0 radical (unpaired) electrons. The van der Waals surface area contributed by atoms with Gasteiger partial charge in [-0.2, -0.15) is 13.2 Å². The molecule has 0 aromatic carbocycles. The Bertz CT molecular complexity index is 588. The van der Waals surface area contributed by atoms with E-state index in [4.69, 9.17) is 0 Å². The van der Waals surface area contributed by atoms with E-state index < -0.39 is 23.7 Å². The van der Waals surface area contributed by atoms with E-state index >= 15 is 0 Å². The number of aromatic nitrogens is 1. The van der Waals surface area contributed by atoms with Gasteiger partial charge in [-0.15, -0.1) is 11.3 Å². The van der Waals surface area contributed by atoms with Crippen LogP contribution in [0.25, 0.3) is 0 Å². The minimum Gasteiger partial charge on any atom is -0.319 e. The number of nitrogens with zero attached hydrogens (tertiary/aromatic N) is 2. The first-order valence-electron chi connectivity index (χ1n) is 7.83. The van der Waals surface area contributed by atoms with E-state index in [1.165, 1.54) is 35.0 Å². The largest absolute Gasteiger partial charge is 0.394 e. The number of urea groups is 1. The molecule has 2 aliphatic rings. The van der Waals surface area contributed by atoms with E-state index in [0.29, 0.717) is 5.13 Å². The molecule has 1 aromatic rings. The molecule has 128 valence electrons. The Morgan fingerprint density at radius 1 is 1.35 bits per heavy atom. The number of carbonyl (C=O) groups is 1. The summed E-state index contributed by atoms with van der Waals surface area (Å²) in [5.41, 5.74) is -0.232. The number of aryl methyl sites for hydroxylation is 2. The summed E-state index contributed by atoms with van der Waals surface area (Å²) in [6, 6.07) is -0.493. The summed E-state index contributed by atoms with van der Waals surface area (Å²) >= 11 is 1.44. The first kappa shape index (κ1) is 16.5. The van der Waals surface area contributed by atoms with E-state index in [0.717, 1.165) is 31.4 Å². The third-order valence-electron chi connectivity index (χ3n) is 4.89. The lowest BCUT2D eigenvalue weighted by atomic mass is 9.88. The van der Waals surface area contributed by atoms with Gasteiger partial charge in [-0.05, 0) is 46.0 Å². The number of anilines is 1. The predicted octanol–water partition coefficient (Wildman–Crippen LogP) is 4.22. The van der Waals surface area contributed by atoms with Crippen LogP contribution < -0.4 is 5.32 Å². The zero-order valence-electron chi connectivity index (χ0n) is 13.2. The van der Waals surface area contributed by atoms with Crippen LogP contribution in [0.15, 0.2) is 0 Å². The number of amides is 2. The van der Waals surface area contributed by atoms with E-state index in [-0.39, 0.29) is 13.0 Å². The maximum atomic E-state index is 13.1. The number of likely N-dealkylation sites (tertiary alicyclic amines) is 1. The van der Waals surface area contributed by atoms with Crippen LogP contribution in [0.1, 0.15) is 43.7 Å². The molecule has 0 unspecified atom stereocenters. The van der Waals surface area contributed by atoms with E-state index in [1.54, 1.807) is 0 Å². The summed E-state index contributed by atoms with van der Waals surface area (Å²) < 4.78 is 39.3. The van der Waals surface area contributed by atoms with Crippen LogP contribution in [0.2, 0.25) is 0 Å². The lowest BCUT2D eigenvalue weighted by Crippen LogP contribution is -2.51. The first-order valence-corrected chi connectivity index (χ1v) is 8.65. The number of fused-ring (bicyclic) bond motifs is 1. The van der Waals surface area contributed by atoms with Gasteiger partial charge in [-0.1, -0.05) is 0 Å². The Hall–Kier alpha value is -1.31. The minimum atomic E-state index is -4.29. The monoisotopic (exact) mass is 347 g/mol. The molecule has 8 heteroatoms. The van der Waals surface area contributed by atoms with Gasteiger partial charge in [0.05, 0.1) is 17.2 Å². The number of halogens is 3. The van der Waals surface area contributed by atoms with Crippen molar-refractivity contribution in [3.8, 4) is 0 Å². The molecule has 4 nitrogen and oxygen atoms in total. The molecule has 1 aliphatic carbocycles. The fourth-order valence-electron chi connectivity index (χ4n) is 3.58. The number of alkyl halides is 3. The fourth-order valence-corrected chi connectivity index (χ4v) is 4.62. The van der Waals surface area contributed by atoms with E-state index in [9.17, 15) is 18.0 Å². The number of rotatable bonds is 1. The lowest BCUT2D eigenvalue weighted by molar-refractivity contribution is -0.189. The number of nitrogens with one attached hydrogen (secondary N) is 1. The van der Waals surface area contributed by atoms with Gasteiger partial charge in [0.1, 0.15) is 0 Å². The number of thiazole rings is 1. The quantitative estimate of drug-likeness (QED) is 0.827. The molecule has 3 rings (SSSR count). The van der Waals surface area contributed by atoms with Crippen molar-refractivity contribution in [2.75, 3.05) is 11.9 Å². The van der Waals surface area contributed by atoms with Crippen LogP contribution >= 0.6 is 11.3 Å². The van der Waals surface area contributed by atoms with Crippen LogP contribution in [0, 0.1) is 5.92 Å². The van der Waals surface area contributed by atoms with Crippen molar-refractivity contribution in [1.82, 2.24) is 9.88 Å². The Morgan fingerprint density at radius 3 is 2.65 bits per heavy atom. The Balaban J connectivity index is 1.72. The van der Waals surface area contributed by atoms with Gasteiger partial charge in [0.15, 0.2) is 5.13 Å². The molecular formula is C15H20F3N3OS. The molecule has 1 N–H and O–H groups in total. The zero-order valence-corrected chi connectivity index (χ0v) is 14.0. The lowest BCUT2D eigenvalue weighted by Gasteiger charge is -2.36. The normalized spacial score (nSPS) is 23.7. The van der Waals surface area contributed by atoms with Gasteiger partial charge in [-0.3, -0.25) is 5.32 Å². The summed E-state index contributed by atoms with van der Waals surface area (Å²) in [6.45, 7) is 3.06. The molecule has 1 aromatic heterocycles. The molecule has 2 heterocycles. The molecular weight excluding hydrogens is 327 g/mol. The van der Waals surface area contributed by atoms with E-state index in [2.05, 4.69) is 10.3 Å². The van der Waals surface area contributed by atoms with Crippen molar-refractivity contribution in [3.05, 3.63) is 10.6 Å². The maximum Gasteiger partial charge on any atom is 0.394 e. The Morgan fingerprint density at radius 2 is 2.04 bits per heavy atom. The van der Waals surface area contributed by atoms with Gasteiger partial charge in [-0.25, -0.2) is 9.78 Å². The van der Waals surface area contributed by atoms with Gasteiger partial charge < -0.3 is 4.90 Å². The highest BCUT2D eigenvalue weighted by Gasteiger charge is 2.56. The third kappa shape index (κ3) is 3.05. The molecule has 23 heavy (non-hydrogen) atoms. The van der Waals surface area contributed by atoms with Crippen molar-refractivity contribution < 1.29 is 18.0 Å². The van der Waals surface area contributed by atoms with Crippen LogP contribution in [-0.4, -0.2) is 34.2 Å². The predicted molar refractivity (Wildman–Crippen MR) is 82.7 cm³/mol. The molecule has 1 saturated heterocycles. The number of hydrogen-bond donors (Lipinski definition) is 1. The summed E-state index contributed by atoms with van der Waals surface area (Å²) in [5.74, 6) is -1.50. The topological polar surface area (TPSA) is 45.2 Å². The molecule has 1 atom stereocenters. The summed E-state index contributed by atoms with van der Waals surface area (Å²) in [6.07, 6.45) is -0.260. The van der Waals surface area contributed by atoms with Crippen molar-refractivity contribution in [1.29, 1.82) is 0 Å². The van der Waals surface area contributed by atoms with Gasteiger partial charge in [0.25, 0.3) is 0 Å². The molecule has 1 aliphatic heterocycles. The minimum absolute atomic E-state index is 0.0573. The molecule has 0 bridgehead atoms. The second-order valence-corrected chi connectivity index (χ2v) is 7.80. The third-order valence-corrected chi connectivity index (χ3v) is 5.96. The highest BCUT2D eigenvalue weighted by Crippen LogP contribution is 2.45. The van der Waals surface area contributed by atoms with Crippen molar-refractivity contribution in [2.45, 2.75) is 57.7 Å². The molecule has 0 saturated carbocycles. The summed E-state index contributed by atoms with van der Waals surface area (Å²) in [4.78, 5) is 19.3. The summed E-state index contributed by atoms with van der Waals surface area (Å²) in [7, 11) is 0. The molecule has 0 spiro atoms. The molecule has 2 amide bonds. The average Bonchev–Trinajstić information content (AvgIpc) is 2.96. The zero-order chi connectivity index (χ0) is 16.8. The first-order chi connectivity index (χ1) is 10.7. The standard InChI is InChI=1S/C15H20F3N3OS/c1-14(2)11(15(16,17)18)7-8-21(14)13(22)20-12-19-9-5-3-4-6-10(9)23-12/h11H,3-8H2,1-2H3,(H,19,20,22)/t11-/m0/s1. The number of hydrogen-bond acceptors (Lipinski definition) is 3. The fraction of sp³-hybridized carbons (Fsp3) is 0.733. The van der Waals surface area contributed by atoms with Crippen molar-refractivity contribution >= 4 is 22.5 Å². The van der Waals surface area contributed by atoms with E-state index in [1.807, 2.05) is 0 Å².